The number of benzene rings is 1. The molecule has 0 saturated carbocycles. The average molecular weight is 266 g/mol. The summed E-state index contributed by atoms with van der Waals surface area (Å²) < 4.78 is 0. The molecule has 0 atom stereocenters. The van der Waals surface area contributed by atoms with E-state index in [0.29, 0.717) is 5.84 Å². The van der Waals surface area contributed by atoms with Crippen LogP contribution in [0.1, 0.15) is 5.01 Å². The number of thiazole rings is 1. The molecule has 2 rings (SSSR count). The lowest BCUT2D eigenvalue weighted by atomic mass is 10.1. The third-order valence-corrected chi connectivity index (χ3v) is 3.22. The van der Waals surface area contributed by atoms with Crippen LogP contribution in [0.4, 0.5) is 5.69 Å². The first-order valence-electron chi connectivity index (χ1n) is 5.10. The molecule has 1 heterocycles. The number of hydrogen-bond acceptors (Lipinski definition) is 3. The van der Waals surface area contributed by atoms with Crippen LogP contribution in [-0.4, -0.2) is 16.7 Å². The van der Waals surface area contributed by atoms with E-state index in [1.54, 1.807) is 11.3 Å². The number of amidine groups is 1. The highest BCUT2D eigenvalue weighted by Gasteiger charge is 2.02. The van der Waals surface area contributed by atoms with E-state index >= 15 is 0 Å². The number of halogens is 1. The molecule has 0 unspecified atom stereocenters. The molecule has 2 aromatic rings. The van der Waals surface area contributed by atoms with Gasteiger partial charge in [0.05, 0.1) is 22.3 Å². The van der Waals surface area contributed by atoms with E-state index in [2.05, 4.69) is 9.98 Å². The number of aryl methyl sites for hydroxylation is 1. The van der Waals surface area contributed by atoms with Gasteiger partial charge < -0.3 is 5.73 Å². The van der Waals surface area contributed by atoms with Crippen molar-refractivity contribution in [1.82, 2.24) is 4.98 Å². The van der Waals surface area contributed by atoms with Crippen LogP contribution in [0.25, 0.3) is 11.3 Å². The van der Waals surface area contributed by atoms with Gasteiger partial charge in [-0.15, -0.1) is 22.9 Å². The van der Waals surface area contributed by atoms with E-state index in [9.17, 15) is 0 Å². The molecule has 5 heteroatoms. The Morgan fingerprint density at radius 2 is 2.35 bits per heavy atom. The summed E-state index contributed by atoms with van der Waals surface area (Å²) in [4.78, 5) is 8.64. The largest absolute Gasteiger partial charge is 0.386 e. The van der Waals surface area contributed by atoms with E-state index in [1.807, 2.05) is 36.6 Å². The molecule has 88 valence electrons. The molecule has 0 aliphatic rings. The lowest BCUT2D eigenvalue weighted by Gasteiger charge is -2.00. The first-order valence-corrected chi connectivity index (χ1v) is 6.52. The molecule has 1 aromatic heterocycles. The van der Waals surface area contributed by atoms with Crippen molar-refractivity contribution in [3.63, 3.8) is 0 Å². The first kappa shape index (κ1) is 12.1. The maximum absolute atomic E-state index is 5.60. The third-order valence-electron chi connectivity index (χ3n) is 2.17. The van der Waals surface area contributed by atoms with Crippen molar-refractivity contribution in [2.24, 2.45) is 10.7 Å². The number of aliphatic imine (C=N–C) groups is 1. The molecule has 0 bridgehead atoms. The smallest absolute Gasteiger partial charge is 0.115 e. The minimum Gasteiger partial charge on any atom is -0.386 e. The summed E-state index contributed by atoms with van der Waals surface area (Å²) in [6, 6.07) is 7.78. The zero-order valence-electron chi connectivity index (χ0n) is 9.35. The highest BCUT2D eigenvalue weighted by Crippen LogP contribution is 2.25. The predicted molar refractivity (Wildman–Crippen MR) is 74.3 cm³/mol. The Labute approximate surface area is 109 Å². The van der Waals surface area contributed by atoms with Gasteiger partial charge in [0.25, 0.3) is 0 Å². The van der Waals surface area contributed by atoms with Crippen molar-refractivity contribution >= 4 is 34.5 Å². The Bertz CT molecular complexity index is 548. The van der Waals surface area contributed by atoms with Crippen LogP contribution in [0.3, 0.4) is 0 Å². The van der Waals surface area contributed by atoms with Gasteiger partial charge in [0.2, 0.25) is 0 Å². The quantitative estimate of drug-likeness (QED) is 0.526. The van der Waals surface area contributed by atoms with Crippen LogP contribution < -0.4 is 5.73 Å². The Morgan fingerprint density at radius 3 is 3.00 bits per heavy atom. The summed E-state index contributed by atoms with van der Waals surface area (Å²) >= 11 is 7.23. The normalized spacial score (nSPS) is 11.8. The molecule has 0 aliphatic carbocycles. The van der Waals surface area contributed by atoms with Gasteiger partial charge in [0, 0.05) is 10.9 Å². The molecule has 0 radical (unpaired) electrons. The van der Waals surface area contributed by atoms with Crippen LogP contribution in [0.5, 0.6) is 0 Å². The Balaban J connectivity index is 2.35. The predicted octanol–water partition coefficient (Wildman–Crippen LogP) is 3.35. The van der Waals surface area contributed by atoms with E-state index in [1.165, 1.54) is 0 Å². The number of alkyl halides is 1. The van der Waals surface area contributed by atoms with Crippen molar-refractivity contribution < 1.29 is 0 Å². The summed E-state index contributed by atoms with van der Waals surface area (Å²) in [5.74, 6) is 0.651. The van der Waals surface area contributed by atoms with E-state index in [-0.39, 0.29) is 5.88 Å². The van der Waals surface area contributed by atoms with Gasteiger partial charge in [-0.2, -0.15) is 0 Å². The van der Waals surface area contributed by atoms with Gasteiger partial charge in [0.15, 0.2) is 0 Å². The molecular formula is C12H12ClN3S. The number of nitrogens with two attached hydrogens (primary N) is 1. The minimum atomic E-state index is 0.236. The SMILES string of the molecule is Cc1nc(-c2cccc(N=C(N)CCl)c2)cs1. The molecule has 0 fully saturated rings. The Kier molecular flexibility index (Phi) is 3.76. The van der Waals surface area contributed by atoms with Crippen LogP contribution in [0.15, 0.2) is 34.6 Å². The summed E-state index contributed by atoms with van der Waals surface area (Å²) in [6.45, 7) is 1.99. The topological polar surface area (TPSA) is 51.3 Å². The maximum atomic E-state index is 5.60. The summed E-state index contributed by atoms with van der Waals surface area (Å²) in [5.41, 5.74) is 8.41. The highest BCUT2D eigenvalue weighted by atomic mass is 35.5. The number of hydrogen-bond donors (Lipinski definition) is 1. The second-order valence-electron chi connectivity index (χ2n) is 3.54. The van der Waals surface area contributed by atoms with Crippen molar-refractivity contribution in [1.29, 1.82) is 0 Å². The molecule has 0 saturated heterocycles. The molecule has 1 aromatic carbocycles. The maximum Gasteiger partial charge on any atom is 0.115 e. The first-order chi connectivity index (χ1) is 8.19. The monoisotopic (exact) mass is 265 g/mol. The van der Waals surface area contributed by atoms with Crippen LogP contribution in [0.2, 0.25) is 0 Å². The number of nitrogens with zero attached hydrogens (tertiary/aromatic N) is 2. The zero-order valence-corrected chi connectivity index (χ0v) is 10.9. The van der Waals surface area contributed by atoms with Crippen molar-refractivity contribution in [3.8, 4) is 11.3 Å². The second kappa shape index (κ2) is 5.29. The standard InChI is InChI=1S/C12H12ClN3S/c1-8-15-11(7-17-8)9-3-2-4-10(5-9)16-12(14)6-13/h2-5,7H,6H2,1H3,(H2,14,16). The molecule has 0 amide bonds. The van der Waals surface area contributed by atoms with Gasteiger partial charge in [-0.05, 0) is 19.1 Å². The van der Waals surface area contributed by atoms with E-state index in [4.69, 9.17) is 17.3 Å². The highest BCUT2D eigenvalue weighted by molar-refractivity contribution is 7.09. The van der Waals surface area contributed by atoms with Crippen LogP contribution in [0, 0.1) is 6.92 Å². The fourth-order valence-electron chi connectivity index (χ4n) is 1.43. The minimum absolute atomic E-state index is 0.236. The molecule has 0 aliphatic heterocycles. The van der Waals surface area contributed by atoms with Gasteiger partial charge in [0.1, 0.15) is 5.84 Å². The summed E-state index contributed by atoms with van der Waals surface area (Å²) in [5, 5.41) is 3.08. The molecule has 2 N–H and O–H groups in total. The number of aromatic nitrogens is 1. The summed E-state index contributed by atoms with van der Waals surface area (Å²) in [7, 11) is 0. The fourth-order valence-corrected chi connectivity index (χ4v) is 2.11. The fraction of sp³-hybridized carbons (Fsp3) is 0.167. The van der Waals surface area contributed by atoms with Crippen molar-refractivity contribution in [3.05, 3.63) is 34.7 Å². The van der Waals surface area contributed by atoms with Gasteiger partial charge >= 0.3 is 0 Å². The zero-order chi connectivity index (χ0) is 12.3. The lowest BCUT2D eigenvalue weighted by molar-refractivity contribution is 1.30. The molecule has 17 heavy (non-hydrogen) atoms. The summed E-state index contributed by atoms with van der Waals surface area (Å²) in [6.07, 6.45) is 0. The average Bonchev–Trinajstić information content (AvgIpc) is 2.76. The van der Waals surface area contributed by atoms with Gasteiger partial charge in [-0.1, -0.05) is 12.1 Å². The van der Waals surface area contributed by atoms with Gasteiger partial charge in [-0.25, -0.2) is 9.98 Å². The van der Waals surface area contributed by atoms with Crippen molar-refractivity contribution in [2.45, 2.75) is 6.92 Å². The Morgan fingerprint density at radius 1 is 1.53 bits per heavy atom. The molecule has 0 spiro atoms. The van der Waals surface area contributed by atoms with E-state index < -0.39 is 0 Å². The molecule has 3 nitrogen and oxygen atoms in total. The Hall–Kier alpha value is -1.39. The lowest BCUT2D eigenvalue weighted by Crippen LogP contribution is -2.12. The van der Waals surface area contributed by atoms with Crippen LogP contribution in [-0.2, 0) is 0 Å². The molecular weight excluding hydrogens is 254 g/mol. The van der Waals surface area contributed by atoms with Crippen LogP contribution >= 0.6 is 22.9 Å². The third kappa shape index (κ3) is 3.05. The van der Waals surface area contributed by atoms with Gasteiger partial charge in [-0.3, -0.25) is 0 Å². The van der Waals surface area contributed by atoms with E-state index in [0.717, 1.165) is 22.0 Å². The van der Waals surface area contributed by atoms with Crippen molar-refractivity contribution in [2.75, 3.05) is 5.88 Å². The second-order valence-corrected chi connectivity index (χ2v) is 4.87. The number of rotatable bonds is 3.